The van der Waals surface area contributed by atoms with Gasteiger partial charge in [0.25, 0.3) is 10.1 Å². The summed E-state index contributed by atoms with van der Waals surface area (Å²) in [6, 6.07) is 22.2. The van der Waals surface area contributed by atoms with Crippen molar-refractivity contribution in [2.75, 3.05) is 0 Å². The second-order valence-electron chi connectivity index (χ2n) is 6.00. The van der Waals surface area contributed by atoms with Gasteiger partial charge in [-0.1, -0.05) is 54.6 Å². The van der Waals surface area contributed by atoms with Crippen LogP contribution in [0.5, 0.6) is 0 Å². The Bertz CT molecular complexity index is 928. The molecule has 26 heavy (non-hydrogen) atoms. The van der Waals surface area contributed by atoms with E-state index in [0.717, 1.165) is 22.4 Å². The van der Waals surface area contributed by atoms with Crippen LogP contribution in [0.25, 0.3) is 0 Å². The molecule has 0 heterocycles. The molecule has 0 aliphatic rings. The first-order chi connectivity index (χ1) is 12.3. The van der Waals surface area contributed by atoms with Gasteiger partial charge in [-0.25, -0.2) is 0 Å². The Labute approximate surface area is 160 Å². The molecule has 0 unspecified atom stereocenters. The molecule has 3 aromatic rings. The fraction of sp³-hybridized carbons (Fsp3) is 0.143. The Morgan fingerprint density at radius 2 is 1.38 bits per heavy atom. The highest BCUT2D eigenvalue weighted by Crippen LogP contribution is 2.15. The lowest BCUT2D eigenvalue weighted by molar-refractivity contribution is 0.483. The lowest BCUT2D eigenvalue weighted by atomic mass is 10.1. The van der Waals surface area contributed by atoms with E-state index in [2.05, 4.69) is 32.5 Å². The Morgan fingerprint density at radius 1 is 0.808 bits per heavy atom. The van der Waals surface area contributed by atoms with E-state index in [9.17, 15) is 8.42 Å². The molecule has 3 aromatic carbocycles. The van der Waals surface area contributed by atoms with E-state index in [4.69, 9.17) is 4.55 Å². The van der Waals surface area contributed by atoms with Crippen molar-refractivity contribution in [1.82, 2.24) is 0 Å². The fourth-order valence-electron chi connectivity index (χ4n) is 2.35. The minimum absolute atomic E-state index is 0.0747. The summed E-state index contributed by atoms with van der Waals surface area (Å²) in [5, 5.41) is 0. The molecule has 0 aromatic heterocycles. The molecule has 136 valence electrons. The zero-order valence-electron chi connectivity index (χ0n) is 14.8. The summed E-state index contributed by atoms with van der Waals surface area (Å²) in [5.41, 5.74) is 4.75. The number of hydrogen-bond donors (Lipinski definition) is 2. The molecule has 5 heteroatoms. The van der Waals surface area contributed by atoms with Gasteiger partial charge in [0.1, 0.15) is 0 Å². The summed E-state index contributed by atoms with van der Waals surface area (Å²) in [6.45, 7) is 4.17. The molecule has 0 aliphatic heterocycles. The standard InChI is InChI=1S/C13H12O3S.C8H10S/c14-17(15,16)13-8-6-12(7-9-13)10-11-4-2-1-3-5-11;1-6-4-3-5-8(9)7(6)2/h1-9H,10H2,(H,14,15,16);3-5,9H,1-2H3. The molecule has 0 atom stereocenters. The number of rotatable bonds is 3. The highest BCUT2D eigenvalue weighted by Gasteiger charge is 2.08. The lowest BCUT2D eigenvalue weighted by Crippen LogP contribution is -1.98. The Kier molecular flexibility index (Phi) is 7.03. The first-order valence-corrected chi connectivity index (χ1v) is 10.0. The lowest BCUT2D eigenvalue weighted by Gasteiger charge is -2.02. The molecule has 0 saturated heterocycles. The second-order valence-corrected chi connectivity index (χ2v) is 7.90. The van der Waals surface area contributed by atoms with Gasteiger partial charge < -0.3 is 0 Å². The Balaban J connectivity index is 0.000000228. The summed E-state index contributed by atoms with van der Waals surface area (Å²) in [6.07, 6.45) is 0.743. The van der Waals surface area contributed by atoms with Crippen molar-refractivity contribution in [3.63, 3.8) is 0 Å². The van der Waals surface area contributed by atoms with Crippen molar-refractivity contribution in [2.24, 2.45) is 0 Å². The minimum Gasteiger partial charge on any atom is -0.282 e. The summed E-state index contributed by atoms with van der Waals surface area (Å²) in [7, 11) is -4.09. The van der Waals surface area contributed by atoms with Crippen molar-refractivity contribution < 1.29 is 13.0 Å². The Hall–Kier alpha value is -2.08. The molecular formula is C21H22O3S2. The molecule has 0 bridgehead atoms. The van der Waals surface area contributed by atoms with Crippen LogP contribution in [0.15, 0.2) is 82.6 Å². The smallest absolute Gasteiger partial charge is 0.282 e. The van der Waals surface area contributed by atoms with Crippen molar-refractivity contribution in [3.05, 3.63) is 95.1 Å². The SMILES string of the molecule is Cc1cccc(S)c1C.O=S(=O)(O)c1ccc(Cc2ccccc2)cc1. The van der Waals surface area contributed by atoms with E-state index in [-0.39, 0.29) is 4.90 Å². The fourth-order valence-corrected chi connectivity index (χ4v) is 3.09. The maximum absolute atomic E-state index is 10.9. The van der Waals surface area contributed by atoms with Crippen LogP contribution in [0.3, 0.4) is 0 Å². The van der Waals surface area contributed by atoms with Gasteiger partial charge in [-0.2, -0.15) is 8.42 Å². The summed E-state index contributed by atoms with van der Waals surface area (Å²) in [5.74, 6) is 0. The molecule has 3 rings (SSSR count). The van der Waals surface area contributed by atoms with E-state index in [1.807, 2.05) is 42.5 Å². The van der Waals surface area contributed by atoms with Gasteiger partial charge in [0.05, 0.1) is 4.90 Å². The molecule has 1 N–H and O–H groups in total. The van der Waals surface area contributed by atoms with Crippen LogP contribution in [0, 0.1) is 13.8 Å². The summed E-state index contributed by atoms with van der Waals surface area (Å²) >= 11 is 4.27. The van der Waals surface area contributed by atoms with Crippen LogP contribution in [0.2, 0.25) is 0 Å². The van der Waals surface area contributed by atoms with Crippen molar-refractivity contribution in [3.8, 4) is 0 Å². The number of hydrogen-bond acceptors (Lipinski definition) is 3. The van der Waals surface area contributed by atoms with E-state index >= 15 is 0 Å². The van der Waals surface area contributed by atoms with Crippen LogP contribution in [0.4, 0.5) is 0 Å². The zero-order valence-corrected chi connectivity index (χ0v) is 16.5. The van der Waals surface area contributed by atoms with Crippen molar-refractivity contribution in [2.45, 2.75) is 30.1 Å². The predicted molar refractivity (Wildman–Crippen MR) is 109 cm³/mol. The predicted octanol–water partition coefficient (Wildman–Crippen LogP) is 5.12. The third-order valence-corrected chi connectivity index (χ3v) is 5.40. The first-order valence-electron chi connectivity index (χ1n) is 8.13. The maximum atomic E-state index is 10.9. The summed E-state index contributed by atoms with van der Waals surface area (Å²) < 4.78 is 30.6. The molecule has 0 spiro atoms. The summed E-state index contributed by atoms with van der Waals surface area (Å²) in [4.78, 5) is 1.00. The third kappa shape index (κ3) is 6.02. The maximum Gasteiger partial charge on any atom is 0.294 e. The van der Waals surface area contributed by atoms with Gasteiger partial charge in [-0.15, -0.1) is 12.6 Å². The average Bonchev–Trinajstić information content (AvgIpc) is 2.61. The van der Waals surface area contributed by atoms with E-state index < -0.39 is 10.1 Å². The number of aryl methyl sites for hydroxylation is 1. The number of thiol groups is 1. The van der Waals surface area contributed by atoms with Gasteiger partial charge in [0.15, 0.2) is 0 Å². The van der Waals surface area contributed by atoms with E-state index in [0.29, 0.717) is 0 Å². The van der Waals surface area contributed by atoms with Crippen LogP contribution in [-0.4, -0.2) is 13.0 Å². The third-order valence-electron chi connectivity index (χ3n) is 4.05. The van der Waals surface area contributed by atoms with Gasteiger partial charge >= 0.3 is 0 Å². The monoisotopic (exact) mass is 386 g/mol. The van der Waals surface area contributed by atoms with Gasteiger partial charge in [-0.3, -0.25) is 4.55 Å². The zero-order chi connectivity index (χ0) is 19.2. The van der Waals surface area contributed by atoms with Crippen LogP contribution in [-0.2, 0) is 16.5 Å². The van der Waals surface area contributed by atoms with Crippen LogP contribution in [0.1, 0.15) is 22.3 Å². The normalized spacial score (nSPS) is 10.8. The number of benzene rings is 3. The Morgan fingerprint density at radius 3 is 1.88 bits per heavy atom. The molecule has 3 nitrogen and oxygen atoms in total. The molecule has 0 fully saturated rings. The molecule has 0 saturated carbocycles. The van der Waals surface area contributed by atoms with Crippen LogP contribution >= 0.6 is 12.6 Å². The largest absolute Gasteiger partial charge is 0.294 e. The highest BCUT2D eigenvalue weighted by atomic mass is 32.2. The molecule has 0 radical (unpaired) electrons. The average molecular weight is 387 g/mol. The first kappa shape index (κ1) is 20.2. The topological polar surface area (TPSA) is 54.4 Å². The quantitative estimate of drug-likeness (QED) is 0.485. The van der Waals surface area contributed by atoms with E-state index in [1.54, 1.807) is 12.1 Å². The molecule has 0 amide bonds. The highest BCUT2D eigenvalue weighted by molar-refractivity contribution is 7.85. The second kappa shape index (κ2) is 9.03. The minimum atomic E-state index is -4.09. The molecule has 0 aliphatic carbocycles. The van der Waals surface area contributed by atoms with Gasteiger partial charge in [-0.05, 0) is 60.7 Å². The van der Waals surface area contributed by atoms with Gasteiger partial charge in [0, 0.05) is 4.90 Å². The molecular weight excluding hydrogens is 364 g/mol. The van der Waals surface area contributed by atoms with E-state index in [1.165, 1.54) is 23.3 Å². The van der Waals surface area contributed by atoms with Crippen molar-refractivity contribution >= 4 is 22.7 Å². The van der Waals surface area contributed by atoms with Crippen molar-refractivity contribution in [1.29, 1.82) is 0 Å². The van der Waals surface area contributed by atoms with Crippen LogP contribution < -0.4 is 0 Å². The van der Waals surface area contributed by atoms with Gasteiger partial charge in [0.2, 0.25) is 0 Å².